The Labute approximate surface area is 148 Å². The summed E-state index contributed by atoms with van der Waals surface area (Å²) in [5, 5.41) is 0. The van der Waals surface area contributed by atoms with E-state index in [0.717, 1.165) is 37.7 Å². The molecule has 0 bridgehead atoms. The van der Waals surface area contributed by atoms with E-state index in [9.17, 15) is 9.59 Å². The van der Waals surface area contributed by atoms with Crippen LogP contribution in [0.4, 0.5) is 4.39 Å². The van der Waals surface area contributed by atoms with Gasteiger partial charge in [-0.3, -0.25) is 9.59 Å². The lowest BCUT2D eigenvalue weighted by Gasteiger charge is -2.61. The SMILES string of the molecule is CC(=O)OC1C[C@]2(C)CCC[C@H]2[C@@H]2CCC3=CC(=O)C=C[C@]3(C)[C@]12F. The van der Waals surface area contributed by atoms with E-state index >= 15 is 4.39 Å². The van der Waals surface area contributed by atoms with Gasteiger partial charge in [-0.1, -0.05) is 25.0 Å². The summed E-state index contributed by atoms with van der Waals surface area (Å²) in [6.07, 6.45) is 9.40. The Balaban J connectivity index is 1.85. The number of fused-ring (bicyclic) bond motifs is 5. The topological polar surface area (TPSA) is 43.4 Å². The first kappa shape index (κ1) is 17.0. The van der Waals surface area contributed by atoms with Crippen LogP contribution in [0.5, 0.6) is 0 Å². The number of allylic oxidation sites excluding steroid dienone is 4. The third kappa shape index (κ3) is 2.15. The number of esters is 1. The van der Waals surface area contributed by atoms with E-state index in [0.29, 0.717) is 12.3 Å². The highest BCUT2D eigenvalue weighted by Gasteiger charge is 2.70. The Morgan fingerprint density at radius 2 is 2.04 bits per heavy atom. The van der Waals surface area contributed by atoms with Crippen molar-refractivity contribution in [2.45, 2.75) is 71.1 Å². The van der Waals surface area contributed by atoms with Crippen molar-refractivity contribution >= 4 is 11.8 Å². The van der Waals surface area contributed by atoms with Crippen molar-refractivity contribution in [3.8, 4) is 0 Å². The molecule has 0 saturated heterocycles. The lowest BCUT2D eigenvalue weighted by Crippen LogP contribution is -2.66. The highest BCUT2D eigenvalue weighted by Crippen LogP contribution is 2.68. The fourth-order valence-electron chi connectivity index (χ4n) is 6.50. The van der Waals surface area contributed by atoms with Crippen molar-refractivity contribution in [3.63, 3.8) is 0 Å². The van der Waals surface area contributed by atoms with E-state index < -0.39 is 23.2 Å². The molecular weight excluding hydrogens is 319 g/mol. The quantitative estimate of drug-likeness (QED) is 0.664. The van der Waals surface area contributed by atoms with Crippen molar-refractivity contribution in [2.75, 3.05) is 0 Å². The summed E-state index contributed by atoms with van der Waals surface area (Å²) in [6, 6.07) is 0. The maximum atomic E-state index is 17.0. The number of carbonyl (C=O) groups excluding carboxylic acids is 2. The predicted molar refractivity (Wildman–Crippen MR) is 92.5 cm³/mol. The molecule has 0 spiro atoms. The molecule has 0 aromatic carbocycles. The van der Waals surface area contributed by atoms with Gasteiger partial charge in [0, 0.05) is 18.3 Å². The Morgan fingerprint density at radius 1 is 1.28 bits per heavy atom. The van der Waals surface area contributed by atoms with Gasteiger partial charge in [0.1, 0.15) is 6.10 Å². The van der Waals surface area contributed by atoms with Gasteiger partial charge in [-0.05, 0) is 62.5 Å². The van der Waals surface area contributed by atoms with E-state index in [1.54, 1.807) is 12.2 Å². The molecule has 4 rings (SSSR count). The van der Waals surface area contributed by atoms with E-state index in [4.69, 9.17) is 4.74 Å². The van der Waals surface area contributed by atoms with Gasteiger partial charge in [-0.15, -0.1) is 0 Å². The molecule has 0 radical (unpaired) electrons. The Kier molecular flexibility index (Phi) is 3.59. The minimum Gasteiger partial charge on any atom is -0.459 e. The summed E-state index contributed by atoms with van der Waals surface area (Å²) >= 11 is 0. The van der Waals surface area contributed by atoms with Crippen LogP contribution in [0.1, 0.15) is 59.3 Å². The molecule has 4 heteroatoms. The molecule has 0 heterocycles. The fraction of sp³-hybridized carbons (Fsp3) is 0.714. The first-order valence-corrected chi connectivity index (χ1v) is 9.51. The summed E-state index contributed by atoms with van der Waals surface area (Å²) in [6.45, 7) is 5.50. The molecule has 136 valence electrons. The second-order valence-corrected chi connectivity index (χ2v) is 8.98. The molecule has 3 saturated carbocycles. The van der Waals surface area contributed by atoms with Gasteiger partial charge in [0.05, 0.1) is 0 Å². The summed E-state index contributed by atoms with van der Waals surface area (Å²) in [5.74, 6) is -0.289. The Hall–Kier alpha value is -1.45. The van der Waals surface area contributed by atoms with Crippen LogP contribution in [0.25, 0.3) is 0 Å². The van der Waals surface area contributed by atoms with Gasteiger partial charge in [0.15, 0.2) is 11.5 Å². The van der Waals surface area contributed by atoms with Crippen LogP contribution < -0.4 is 0 Å². The average molecular weight is 346 g/mol. The van der Waals surface area contributed by atoms with Crippen LogP contribution in [0, 0.1) is 22.7 Å². The number of alkyl halides is 1. The minimum absolute atomic E-state index is 0.0478. The smallest absolute Gasteiger partial charge is 0.303 e. The molecule has 3 nitrogen and oxygen atoms in total. The Morgan fingerprint density at radius 3 is 2.76 bits per heavy atom. The number of rotatable bonds is 1. The maximum Gasteiger partial charge on any atom is 0.303 e. The lowest BCUT2D eigenvalue weighted by atomic mass is 9.46. The van der Waals surface area contributed by atoms with Crippen LogP contribution in [-0.4, -0.2) is 23.5 Å². The molecule has 25 heavy (non-hydrogen) atoms. The number of carbonyl (C=O) groups is 2. The normalized spacial score (nSPS) is 48.2. The lowest BCUT2D eigenvalue weighted by molar-refractivity contribution is -0.208. The standard InChI is InChI=1S/C21H27FO3/c1-13(23)25-18-12-19(2)9-4-5-16(19)17-7-6-14-11-15(24)8-10-20(14,3)21(17,18)22/h8,10-11,16-18H,4-7,9,12H2,1-3H3/t16-,17-,18?,19-,20-,21+/m0/s1. The molecule has 0 N–H and O–H groups in total. The third-order valence-electron chi connectivity index (χ3n) is 7.70. The maximum absolute atomic E-state index is 17.0. The second kappa shape index (κ2) is 5.28. The van der Waals surface area contributed by atoms with Gasteiger partial charge in [0.2, 0.25) is 0 Å². The molecule has 0 amide bonds. The monoisotopic (exact) mass is 346 g/mol. The first-order chi connectivity index (χ1) is 11.7. The molecule has 1 unspecified atom stereocenters. The van der Waals surface area contributed by atoms with Gasteiger partial charge >= 0.3 is 5.97 Å². The van der Waals surface area contributed by atoms with E-state index in [1.165, 1.54) is 13.0 Å². The largest absolute Gasteiger partial charge is 0.459 e. The van der Waals surface area contributed by atoms with Gasteiger partial charge in [-0.2, -0.15) is 0 Å². The van der Waals surface area contributed by atoms with Crippen molar-refractivity contribution in [1.29, 1.82) is 0 Å². The van der Waals surface area contributed by atoms with Crippen LogP contribution in [0.2, 0.25) is 0 Å². The molecule has 3 fully saturated rings. The van der Waals surface area contributed by atoms with Crippen LogP contribution >= 0.6 is 0 Å². The van der Waals surface area contributed by atoms with Crippen molar-refractivity contribution in [2.24, 2.45) is 22.7 Å². The molecule has 4 aliphatic carbocycles. The first-order valence-electron chi connectivity index (χ1n) is 9.51. The third-order valence-corrected chi connectivity index (χ3v) is 7.70. The molecule has 4 aliphatic rings. The zero-order valence-electron chi connectivity index (χ0n) is 15.3. The van der Waals surface area contributed by atoms with Gasteiger partial charge in [0.25, 0.3) is 0 Å². The van der Waals surface area contributed by atoms with Crippen molar-refractivity contribution in [1.82, 2.24) is 0 Å². The van der Waals surface area contributed by atoms with Crippen LogP contribution in [0.15, 0.2) is 23.8 Å². The summed E-state index contributed by atoms with van der Waals surface area (Å²) in [5.41, 5.74) is -1.61. The van der Waals surface area contributed by atoms with Crippen LogP contribution in [-0.2, 0) is 14.3 Å². The highest BCUT2D eigenvalue weighted by atomic mass is 19.1. The summed E-state index contributed by atoms with van der Waals surface area (Å²) in [4.78, 5) is 23.6. The van der Waals surface area contributed by atoms with Crippen molar-refractivity contribution < 1.29 is 18.7 Å². The zero-order chi connectivity index (χ0) is 18.0. The molecule has 0 aliphatic heterocycles. The number of hydrogen-bond donors (Lipinski definition) is 0. The number of hydrogen-bond acceptors (Lipinski definition) is 3. The molecule has 0 aromatic heterocycles. The second-order valence-electron chi connectivity index (χ2n) is 8.98. The number of halogens is 1. The van der Waals surface area contributed by atoms with Crippen LogP contribution in [0.3, 0.4) is 0 Å². The fourth-order valence-corrected chi connectivity index (χ4v) is 6.50. The number of ketones is 1. The molecule has 6 atom stereocenters. The highest BCUT2D eigenvalue weighted by molar-refractivity contribution is 6.01. The summed E-state index contributed by atoms with van der Waals surface area (Å²) < 4.78 is 22.6. The average Bonchev–Trinajstić information content (AvgIpc) is 2.90. The zero-order valence-corrected chi connectivity index (χ0v) is 15.3. The predicted octanol–water partition coefficient (Wildman–Crippen LogP) is 4.32. The molecule has 0 aromatic rings. The molecular formula is C21H27FO3. The van der Waals surface area contributed by atoms with Gasteiger partial charge < -0.3 is 4.74 Å². The van der Waals surface area contributed by atoms with Gasteiger partial charge in [-0.25, -0.2) is 4.39 Å². The van der Waals surface area contributed by atoms with Crippen molar-refractivity contribution in [3.05, 3.63) is 23.8 Å². The summed E-state index contributed by atoms with van der Waals surface area (Å²) in [7, 11) is 0. The minimum atomic E-state index is -1.64. The van der Waals surface area contributed by atoms with E-state index in [2.05, 4.69) is 6.92 Å². The van der Waals surface area contributed by atoms with E-state index in [1.807, 2.05) is 6.92 Å². The number of ether oxygens (including phenoxy) is 1. The van der Waals surface area contributed by atoms with E-state index in [-0.39, 0.29) is 17.1 Å². The Bertz CT molecular complexity index is 695.